The number of carbonyl (C=O) groups is 1. The Morgan fingerprint density at radius 3 is 2.41 bits per heavy atom. The van der Waals surface area contributed by atoms with Gasteiger partial charge in [-0.25, -0.2) is 0 Å². The Morgan fingerprint density at radius 2 is 1.75 bits per heavy atom. The monoisotopic (exact) mass is 456 g/mol. The number of oxazole rings is 1. The average molecular weight is 457 g/mol. The number of aromatic nitrogens is 1. The molecule has 0 amide bonds. The number of nitrogens with one attached hydrogen (secondary N) is 1. The molecule has 0 bridgehead atoms. The van der Waals surface area contributed by atoms with E-state index >= 15 is 0 Å². The lowest BCUT2D eigenvalue weighted by atomic mass is 10.1. The number of nitrogens with zero attached hydrogens (tertiary/aromatic N) is 3. The third-order valence-corrected chi connectivity index (χ3v) is 8.18. The van der Waals surface area contributed by atoms with Gasteiger partial charge < -0.3 is 14.4 Å². The first kappa shape index (κ1) is 20.9. The second-order valence-corrected chi connectivity index (χ2v) is 9.98. The molecule has 1 aliphatic heterocycles. The molecule has 3 aromatic rings. The normalized spacial score (nSPS) is 26.3. The van der Waals surface area contributed by atoms with Crippen molar-refractivity contribution >= 4 is 33.3 Å². The predicted molar refractivity (Wildman–Crippen MR) is 119 cm³/mol. The number of benzene rings is 2. The largest absolute Gasteiger partial charge is 0.480 e. The van der Waals surface area contributed by atoms with Crippen LogP contribution in [0.15, 0.2) is 59.0 Å². The molecule has 2 heterocycles. The first-order valence-electron chi connectivity index (χ1n) is 10.5. The average Bonchev–Trinajstić information content (AvgIpc) is 3.16. The standard InChI is InChI=1S/C22H24N4O5S/c1-15-19(16-7-3-2-4-8-16)22(15,20(27)28)24-32(29,30)26-13-11-25(12-14-26)21-23-17-9-5-6-10-18(17)31-21/h2-10,15,19,24H,11-14H2,1H3,(H,27,28)/t15-,19-,22+/m1/s1. The minimum atomic E-state index is -4.00. The number of para-hydroxylation sites is 2. The van der Waals surface area contributed by atoms with Crippen molar-refractivity contribution in [1.29, 1.82) is 0 Å². The minimum absolute atomic E-state index is 0.203. The van der Waals surface area contributed by atoms with Crippen LogP contribution in [0.5, 0.6) is 0 Å². The number of aliphatic carboxylic acids is 1. The van der Waals surface area contributed by atoms with Crippen LogP contribution in [0.2, 0.25) is 0 Å². The van der Waals surface area contributed by atoms with Crippen LogP contribution in [0.3, 0.4) is 0 Å². The van der Waals surface area contributed by atoms with Crippen LogP contribution >= 0.6 is 0 Å². The number of rotatable bonds is 6. The van der Waals surface area contributed by atoms with Crippen molar-refractivity contribution < 1.29 is 22.7 Å². The minimum Gasteiger partial charge on any atom is -0.480 e. The molecular weight excluding hydrogens is 432 g/mol. The van der Waals surface area contributed by atoms with E-state index in [0.29, 0.717) is 24.7 Å². The second kappa shape index (κ2) is 7.58. The summed E-state index contributed by atoms with van der Waals surface area (Å²) in [7, 11) is -4.00. The van der Waals surface area contributed by atoms with Crippen LogP contribution in [-0.2, 0) is 15.0 Å². The smallest absolute Gasteiger partial charge is 0.325 e. The van der Waals surface area contributed by atoms with E-state index in [0.717, 1.165) is 11.1 Å². The molecular formula is C22H24N4O5S. The lowest BCUT2D eigenvalue weighted by Gasteiger charge is -2.33. The quantitative estimate of drug-likeness (QED) is 0.583. The van der Waals surface area contributed by atoms with E-state index in [1.165, 1.54) is 4.31 Å². The lowest BCUT2D eigenvalue weighted by Crippen LogP contribution is -2.56. The van der Waals surface area contributed by atoms with Crippen molar-refractivity contribution in [3.8, 4) is 0 Å². The van der Waals surface area contributed by atoms with Crippen LogP contribution in [0.25, 0.3) is 11.1 Å². The molecule has 3 atom stereocenters. The summed E-state index contributed by atoms with van der Waals surface area (Å²) in [4.78, 5) is 18.5. The first-order chi connectivity index (χ1) is 15.3. The molecule has 0 radical (unpaired) electrons. The van der Waals surface area contributed by atoms with Crippen molar-refractivity contribution in [3.63, 3.8) is 0 Å². The number of hydrogen-bond donors (Lipinski definition) is 2. The van der Waals surface area contributed by atoms with E-state index in [1.54, 1.807) is 6.92 Å². The van der Waals surface area contributed by atoms with Gasteiger partial charge in [0.05, 0.1) is 0 Å². The molecule has 1 aliphatic carbocycles. The van der Waals surface area contributed by atoms with E-state index in [2.05, 4.69) is 9.71 Å². The van der Waals surface area contributed by atoms with Gasteiger partial charge in [0, 0.05) is 32.1 Å². The highest BCUT2D eigenvalue weighted by molar-refractivity contribution is 7.87. The highest BCUT2D eigenvalue weighted by Crippen LogP contribution is 2.57. The SMILES string of the molecule is C[C@@H]1[C@H](c2ccccc2)[C@]1(NS(=O)(=O)N1CCN(c2nc3ccccc3o2)CC1)C(=O)O. The van der Waals surface area contributed by atoms with Gasteiger partial charge in [-0.3, -0.25) is 4.79 Å². The van der Waals surface area contributed by atoms with Gasteiger partial charge >= 0.3 is 5.97 Å². The van der Waals surface area contributed by atoms with Crippen molar-refractivity contribution in [2.45, 2.75) is 18.4 Å². The predicted octanol–water partition coefficient (Wildman–Crippen LogP) is 2.04. The summed E-state index contributed by atoms with van der Waals surface area (Å²) in [5, 5.41) is 9.95. The fraction of sp³-hybridized carbons (Fsp3) is 0.364. The van der Waals surface area contributed by atoms with Crippen LogP contribution in [0.4, 0.5) is 6.01 Å². The van der Waals surface area contributed by atoms with Gasteiger partial charge in [0.2, 0.25) is 0 Å². The molecule has 2 aliphatic rings. The van der Waals surface area contributed by atoms with Crippen molar-refractivity contribution in [3.05, 3.63) is 60.2 Å². The van der Waals surface area contributed by atoms with Gasteiger partial charge in [0.1, 0.15) is 11.1 Å². The zero-order valence-electron chi connectivity index (χ0n) is 17.5. The third kappa shape index (κ3) is 3.35. The maximum atomic E-state index is 13.1. The summed E-state index contributed by atoms with van der Waals surface area (Å²) in [6, 6.07) is 17.1. The first-order valence-corrected chi connectivity index (χ1v) is 11.9. The third-order valence-electron chi connectivity index (χ3n) is 6.54. The maximum absolute atomic E-state index is 13.1. The van der Waals surface area contributed by atoms with Gasteiger partial charge in [-0.1, -0.05) is 49.4 Å². The van der Waals surface area contributed by atoms with Gasteiger partial charge in [-0.2, -0.15) is 22.4 Å². The lowest BCUT2D eigenvalue weighted by molar-refractivity contribution is -0.140. The van der Waals surface area contributed by atoms with Crippen molar-refractivity contribution in [2.75, 3.05) is 31.1 Å². The van der Waals surface area contributed by atoms with Gasteiger partial charge in [-0.15, -0.1) is 0 Å². The highest BCUT2D eigenvalue weighted by Gasteiger charge is 2.70. The number of piperazine rings is 1. The van der Waals surface area contributed by atoms with E-state index in [4.69, 9.17) is 4.42 Å². The Balaban J connectivity index is 1.30. The highest BCUT2D eigenvalue weighted by atomic mass is 32.2. The van der Waals surface area contributed by atoms with E-state index < -0.39 is 27.6 Å². The van der Waals surface area contributed by atoms with E-state index in [-0.39, 0.29) is 19.0 Å². The summed E-state index contributed by atoms with van der Waals surface area (Å²) in [5.74, 6) is -1.94. The van der Waals surface area contributed by atoms with Crippen molar-refractivity contribution in [1.82, 2.24) is 14.0 Å². The molecule has 1 saturated heterocycles. The molecule has 2 N–H and O–H groups in total. The van der Waals surface area contributed by atoms with E-state index in [1.807, 2.05) is 59.5 Å². The fourth-order valence-electron chi connectivity index (χ4n) is 4.69. The van der Waals surface area contributed by atoms with E-state index in [9.17, 15) is 18.3 Å². The number of hydrogen-bond acceptors (Lipinski definition) is 6. The molecule has 0 spiro atoms. The molecule has 2 aromatic carbocycles. The molecule has 10 heteroatoms. The summed E-state index contributed by atoms with van der Waals surface area (Å²) in [6.07, 6.45) is 0. The Labute approximate surface area is 185 Å². The Hall–Kier alpha value is -2.95. The molecule has 1 aromatic heterocycles. The number of anilines is 1. The van der Waals surface area contributed by atoms with Gasteiger partial charge in [0.15, 0.2) is 5.58 Å². The number of carboxylic acids is 1. The number of carboxylic acid groups (broad SMARTS) is 1. The topological polar surface area (TPSA) is 116 Å². The van der Waals surface area contributed by atoms with Crippen molar-refractivity contribution in [2.24, 2.45) is 5.92 Å². The Bertz CT molecular complexity index is 1220. The Morgan fingerprint density at radius 1 is 1.09 bits per heavy atom. The molecule has 2 fully saturated rings. The second-order valence-electron chi connectivity index (χ2n) is 8.31. The van der Waals surface area contributed by atoms with Crippen LogP contribution < -0.4 is 9.62 Å². The molecule has 5 rings (SSSR count). The zero-order chi connectivity index (χ0) is 22.5. The molecule has 0 unspecified atom stereocenters. The Kier molecular flexibility index (Phi) is 4.95. The summed E-state index contributed by atoms with van der Waals surface area (Å²) < 4.78 is 35.9. The molecule has 32 heavy (non-hydrogen) atoms. The van der Waals surface area contributed by atoms with Crippen LogP contribution in [0, 0.1) is 5.92 Å². The zero-order valence-corrected chi connectivity index (χ0v) is 18.3. The molecule has 168 valence electrons. The maximum Gasteiger partial charge on any atom is 0.325 e. The summed E-state index contributed by atoms with van der Waals surface area (Å²) in [6.45, 7) is 2.96. The molecule has 1 saturated carbocycles. The van der Waals surface area contributed by atoms with Crippen LogP contribution in [0.1, 0.15) is 18.4 Å². The van der Waals surface area contributed by atoms with Gasteiger partial charge in [0.25, 0.3) is 16.2 Å². The summed E-state index contributed by atoms with van der Waals surface area (Å²) >= 11 is 0. The van der Waals surface area contributed by atoms with Gasteiger partial charge in [-0.05, 0) is 23.6 Å². The fourth-order valence-corrected chi connectivity index (χ4v) is 6.29. The number of fused-ring (bicyclic) bond motifs is 1. The van der Waals surface area contributed by atoms with Crippen LogP contribution in [-0.4, -0.2) is 60.5 Å². The molecule has 9 nitrogen and oxygen atoms in total. The summed E-state index contributed by atoms with van der Waals surface area (Å²) in [5.41, 5.74) is 0.693.